The van der Waals surface area contributed by atoms with Crippen LogP contribution < -0.4 is 10.2 Å². The van der Waals surface area contributed by atoms with Gasteiger partial charge in [-0.1, -0.05) is 0 Å². The average Bonchev–Trinajstić information content (AvgIpc) is 2.32. The second kappa shape index (κ2) is 5.71. The minimum Gasteiger partial charge on any atom is -0.364 e. The van der Waals surface area contributed by atoms with E-state index in [0.29, 0.717) is 12.1 Å². The Morgan fingerprint density at radius 2 is 2.19 bits per heavy atom. The number of rotatable bonds is 1. The summed E-state index contributed by atoms with van der Waals surface area (Å²) in [5.41, 5.74) is 1.28. The van der Waals surface area contributed by atoms with Crippen LogP contribution in [0.3, 0.4) is 0 Å². The first-order chi connectivity index (χ1) is 6.93. The molecule has 0 saturated carbocycles. The average molecular weight is 262 g/mol. The predicted octanol–water partition coefficient (Wildman–Crippen LogP) is 1.87. The molecule has 4 heterocycles. The van der Waals surface area contributed by atoms with Crippen LogP contribution in [0.15, 0.2) is 24.5 Å². The molecule has 2 bridgehead atoms. The Morgan fingerprint density at radius 3 is 2.69 bits per heavy atom. The number of pyridine rings is 1. The van der Waals surface area contributed by atoms with Crippen molar-refractivity contribution in [2.75, 3.05) is 18.0 Å². The van der Waals surface area contributed by atoms with Crippen molar-refractivity contribution >= 4 is 30.5 Å². The van der Waals surface area contributed by atoms with Crippen molar-refractivity contribution in [1.29, 1.82) is 0 Å². The summed E-state index contributed by atoms with van der Waals surface area (Å²) in [5, 5.41) is 3.56. The number of anilines is 1. The molecule has 3 aliphatic heterocycles. The van der Waals surface area contributed by atoms with Gasteiger partial charge in [-0.25, -0.2) is 0 Å². The van der Waals surface area contributed by atoms with Crippen LogP contribution in [0.4, 0.5) is 5.69 Å². The van der Waals surface area contributed by atoms with E-state index < -0.39 is 0 Å². The number of aromatic nitrogens is 1. The maximum absolute atomic E-state index is 4.18. The van der Waals surface area contributed by atoms with Gasteiger partial charge < -0.3 is 10.2 Å². The van der Waals surface area contributed by atoms with Gasteiger partial charge in [-0.3, -0.25) is 4.98 Å². The number of fused-ring (bicyclic) bond motifs is 3. The predicted molar refractivity (Wildman–Crippen MR) is 70.9 cm³/mol. The van der Waals surface area contributed by atoms with E-state index in [1.54, 1.807) is 0 Å². The van der Waals surface area contributed by atoms with E-state index in [4.69, 9.17) is 0 Å². The summed E-state index contributed by atoms with van der Waals surface area (Å²) >= 11 is 0. The third-order valence-corrected chi connectivity index (χ3v) is 3.33. The molecule has 2 atom stereocenters. The fourth-order valence-electron chi connectivity index (χ4n) is 2.55. The van der Waals surface area contributed by atoms with Gasteiger partial charge in [-0.05, 0) is 25.0 Å². The molecular weight excluding hydrogens is 245 g/mol. The number of hydrogen-bond acceptors (Lipinski definition) is 3. The molecular formula is C11H17Cl2N3. The smallest absolute Gasteiger partial charge is 0.0556 e. The van der Waals surface area contributed by atoms with Gasteiger partial charge in [0.1, 0.15) is 0 Å². The molecule has 0 spiro atoms. The lowest BCUT2D eigenvalue weighted by molar-refractivity contribution is 0.290. The van der Waals surface area contributed by atoms with Gasteiger partial charge in [0, 0.05) is 31.4 Å². The molecule has 0 amide bonds. The molecule has 5 heteroatoms. The topological polar surface area (TPSA) is 28.2 Å². The highest BCUT2D eigenvalue weighted by atomic mass is 35.5. The highest BCUT2D eigenvalue weighted by molar-refractivity contribution is 5.85. The van der Waals surface area contributed by atoms with Crippen LogP contribution in [-0.4, -0.2) is 30.2 Å². The molecule has 16 heavy (non-hydrogen) atoms. The number of piperidine rings is 2. The van der Waals surface area contributed by atoms with E-state index in [1.807, 2.05) is 18.5 Å². The van der Waals surface area contributed by atoms with Crippen LogP contribution in [-0.2, 0) is 0 Å². The number of nitrogens with zero attached hydrogens (tertiary/aromatic N) is 2. The first-order valence-corrected chi connectivity index (χ1v) is 5.33. The second-order valence-corrected chi connectivity index (χ2v) is 4.20. The highest BCUT2D eigenvalue weighted by Crippen LogP contribution is 2.27. The molecule has 0 radical (unpaired) electrons. The molecule has 1 N–H and O–H groups in total. The molecule has 1 aromatic heterocycles. The standard InChI is InChI=1S/C11H15N3.2ClH/c1-2-10(6-12-5-1)14-8-9-3-4-11(14)7-13-9;;/h1-2,5-6,9,11,13H,3-4,7-8H2;2*1H/t9-,11-;;/m1../s1. The zero-order chi connectivity index (χ0) is 9.38. The first kappa shape index (κ1) is 13.6. The van der Waals surface area contributed by atoms with Crippen LogP contribution in [0.1, 0.15) is 12.8 Å². The molecule has 3 saturated heterocycles. The zero-order valence-corrected chi connectivity index (χ0v) is 10.6. The summed E-state index contributed by atoms with van der Waals surface area (Å²) in [6.07, 6.45) is 6.47. The van der Waals surface area contributed by atoms with Gasteiger partial charge in [0.25, 0.3) is 0 Å². The molecule has 0 unspecified atom stereocenters. The molecule has 0 aliphatic carbocycles. The van der Waals surface area contributed by atoms with Crippen LogP contribution in [0.25, 0.3) is 0 Å². The third kappa shape index (κ3) is 2.42. The van der Waals surface area contributed by atoms with Gasteiger partial charge in [-0.15, -0.1) is 24.8 Å². The maximum atomic E-state index is 4.18. The third-order valence-electron chi connectivity index (χ3n) is 3.33. The minimum absolute atomic E-state index is 0. The first-order valence-electron chi connectivity index (χ1n) is 5.33. The van der Waals surface area contributed by atoms with Crippen molar-refractivity contribution in [2.45, 2.75) is 24.9 Å². The van der Waals surface area contributed by atoms with E-state index in [2.05, 4.69) is 21.3 Å². The molecule has 3 aliphatic rings. The van der Waals surface area contributed by atoms with Crippen molar-refractivity contribution in [3.63, 3.8) is 0 Å². The van der Waals surface area contributed by atoms with Crippen LogP contribution in [0.2, 0.25) is 0 Å². The fraction of sp³-hybridized carbons (Fsp3) is 0.545. The Morgan fingerprint density at radius 1 is 1.31 bits per heavy atom. The Bertz CT molecular complexity index is 312. The lowest BCUT2D eigenvalue weighted by atomic mass is 9.93. The van der Waals surface area contributed by atoms with Crippen molar-refractivity contribution in [2.24, 2.45) is 0 Å². The molecule has 3 nitrogen and oxygen atoms in total. The molecule has 4 rings (SSSR count). The van der Waals surface area contributed by atoms with E-state index >= 15 is 0 Å². The monoisotopic (exact) mass is 261 g/mol. The van der Waals surface area contributed by atoms with Crippen molar-refractivity contribution in [3.8, 4) is 0 Å². The normalized spacial score (nSPS) is 26.9. The SMILES string of the molecule is Cl.Cl.c1cncc(N2C[C@H]3CC[C@@H]2CN3)c1. The van der Waals surface area contributed by atoms with E-state index in [1.165, 1.54) is 18.5 Å². The van der Waals surface area contributed by atoms with Gasteiger partial charge in [0.15, 0.2) is 0 Å². The molecule has 90 valence electrons. The summed E-state index contributed by atoms with van der Waals surface area (Å²) in [5.74, 6) is 0. The minimum atomic E-state index is 0. The molecule has 0 aromatic carbocycles. The maximum Gasteiger partial charge on any atom is 0.0556 e. The van der Waals surface area contributed by atoms with Crippen LogP contribution >= 0.6 is 24.8 Å². The van der Waals surface area contributed by atoms with Crippen molar-refractivity contribution in [3.05, 3.63) is 24.5 Å². The number of halogens is 2. The Labute approximate surface area is 108 Å². The van der Waals surface area contributed by atoms with Gasteiger partial charge in [-0.2, -0.15) is 0 Å². The van der Waals surface area contributed by atoms with Crippen molar-refractivity contribution in [1.82, 2.24) is 10.3 Å². The fourth-order valence-corrected chi connectivity index (χ4v) is 2.55. The number of piperazine rings is 1. The van der Waals surface area contributed by atoms with Gasteiger partial charge >= 0.3 is 0 Å². The lowest BCUT2D eigenvalue weighted by Crippen LogP contribution is -2.61. The second-order valence-electron chi connectivity index (χ2n) is 4.20. The van der Waals surface area contributed by atoms with Gasteiger partial charge in [0.05, 0.1) is 11.9 Å². The largest absolute Gasteiger partial charge is 0.364 e. The summed E-state index contributed by atoms with van der Waals surface area (Å²) in [7, 11) is 0. The van der Waals surface area contributed by atoms with E-state index in [9.17, 15) is 0 Å². The summed E-state index contributed by atoms with van der Waals surface area (Å²) in [4.78, 5) is 6.68. The Hall–Kier alpha value is -0.510. The summed E-state index contributed by atoms with van der Waals surface area (Å²) < 4.78 is 0. The van der Waals surface area contributed by atoms with Crippen LogP contribution in [0.5, 0.6) is 0 Å². The molecule has 3 fully saturated rings. The zero-order valence-electron chi connectivity index (χ0n) is 9.00. The Balaban J connectivity index is 0.000000640. The number of nitrogens with one attached hydrogen (secondary N) is 1. The van der Waals surface area contributed by atoms with E-state index in [-0.39, 0.29) is 24.8 Å². The molecule has 1 aromatic rings. The van der Waals surface area contributed by atoms with Gasteiger partial charge in [0.2, 0.25) is 0 Å². The summed E-state index contributed by atoms with van der Waals surface area (Å²) in [6.45, 7) is 2.29. The van der Waals surface area contributed by atoms with Crippen LogP contribution in [0, 0.1) is 0 Å². The number of hydrogen-bond donors (Lipinski definition) is 1. The van der Waals surface area contributed by atoms with Crippen molar-refractivity contribution < 1.29 is 0 Å². The highest BCUT2D eigenvalue weighted by Gasteiger charge is 2.33. The Kier molecular flexibility index (Phi) is 4.84. The quantitative estimate of drug-likeness (QED) is 0.837. The summed E-state index contributed by atoms with van der Waals surface area (Å²) in [6, 6.07) is 5.56. The van der Waals surface area contributed by atoms with E-state index in [0.717, 1.165) is 13.1 Å². The lowest BCUT2D eigenvalue weighted by Gasteiger charge is -2.47.